The van der Waals surface area contributed by atoms with Gasteiger partial charge in [-0.25, -0.2) is 8.78 Å². The average molecular weight is 450 g/mol. The highest BCUT2D eigenvalue weighted by Crippen LogP contribution is 2.41. The molecule has 6 rings (SSSR count). The molecule has 1 saturated carbocycles. The van der Waals surface area contributed by atoms with E-state index in [1.165, 1.54) is 0 Å². The van der Waals surface area contributed by atoms with Crippen LogP contribution in [0.5, 0.6) is 5.75 Å². The van der Waals surface area contributed by atoms with Gasteiger partial charge in [0, 0.05) is 24.2 Å². The first kappa shape index (κ1) is 21.6. The van der Waals surface area contributed by atoms with Gasteiger partial charge in [-0.2, -0.15) is 0 Å². The molecule has 2 bridgehead atoms. The van der Waals surface area contributed by atoms with E-state index in [2.05, 4.69) is 5.32 Å². The number of benzene rings is 1. The molecule has 1 aromatic carbocycles. The Morgan fingerprint density at radius 1 is 1.09 bits per heavy atom. The number of hydrogen-bond donors (Lipinski definition) is 1. The number of carbonyl (C=O) groups is 2. The number of ether oxygens (including phenoxy) is 3. The lowest BCUT2D eigenvalue weighted by Gasteiger charge is -2.51. The monoisotopic (exact) mass is 450 g/mol. The molecule has 1 spiro atoms. The number of morpholine rings is 1. The highest BCUT2D eigenvalue weighted by molar-refractivity contribution is 5.81. The molecule has 3 fully saturated rings. The van der Waals surface area contributed by atoms with Crippen LogP contribution in [0.3, 0.4) is 0 Å². The van der Waals surface area contributed by atoms with Crippen molar-refractivity contribution in [1.29, 1.82) is 0 Å². The highest BCUT2D eigenvalue weighted by atomic mass is 19.1. The normalized spacial score (nSPS) is 33.3. The fourth-order valence-electron chi connectivity index (χ4n) is 5.77. The van der Waals surface area contributed by atoms with Crippen LogP contribution in [0.1, 0.15) is 50.0 Å². The molecule has 32 heavy (non-hydrogen) atoms. The summed E-state index contributed by atoms with van der Waals surface area (Å²) in [6.07, 6.45) is 4.21. The fraction of sp³-hybridized carbons (Fsp3) is 0.652. The molecule has 0 unspecified atom stereocenters. The first-order valence-corrected chi connectivity index (χ1v) is 11.4. The first-order chi connectivity index (χ1) is 15.4. The number of piperidine rings is 1. The van der Waals surface area contributed by atoms with Crippen LogP contribution in [0.2, 0.25) is 0 Å². The number of nitrogens with one attached hydrogen (secondary N) is 1. The van der Waals surface area contributed by atoms with Crippen LogP contribution >= 0.6 is 0 Å². The Bertz CT molecular complexity index is 901. The Morgan fingerprint density at radius 3 is 2.69 bits per heavy atom. The van der Waals surface area contributed by atoms with Crippen molar-refractivity contribution in [2.24, 2.45) is 0 Å². The van der Waals surface area contributed by atoms with E-state index in [4.69, 9.17) is 14.2 Å². The SMILES string of the molecule is O=C1COC[C@@]2(CCCN3C(=O)COc4cc(F)cc(F)c4C4CCC(CC4)OC[C@H]32)N1. The van der Waals surface area contributed by atoms with E-state index in [0.717, 1.165) is 25.0 Å². The Hall–Kier alpha value is -2.26. The first-order valence-electron chi connectivity index (χ1n) is 11.4. The molecule has 1 aliphatic carbocycles. The van der Waals surface area contributed by atoms with Crippen molar-refractivity contribution in [2.45, 2.75) is 62.1 Å². The predicted octanol–water partition coefficient (Wildman–Crippen LogP) is 2.28. The zero-order chi connectivity index (χ0) is 22.3. The minimum Gasteiger partial charge on any atom is -0.483 e. The summed E-state index contributed by atoms with van der Waals surface area (Å²) in [7, 11) is 0. The third kappa shape index (κ3) is 3.96. The number of amides is 2. The van der Waals surface area contributed by atoms with Gasteiger partial charge in [-0.1, -0.05) is 0 Å². The zero-order valence-electron chi connectivity index (χ0n) is 17.9. The van der Waals surface area contributed by atoms with Gasteiger partial charge in [0.2, 0.25) is 5.91 Å². The third-order valence-corrected chi connectivity index (χ3v) is 7.32. The molecule has 7 nitrogen and oxygen atoms in total. The number of carbonyl (C=O) groups excluding carboxylic acids is 2. The van der Waals surface area contributed by atoms with Crippen molar-refractivity contribution in [1.82, 2.24) is 10.2 Å². The molecule has 4 aliphatic heterocycles. The van der Waals surface area contributed by atoms with Crippen LogP contribution in [-0.2, 0) is 19.1 Å². The molecule has 2 atom stereocenters. The van der Waals surface area contributed by atoms with Crippen LogP contribution in [0.25, 0.3) is 0 Å². The highest BCUT2D eigenvalue weighted by Gasteiger charge is 2.50. The second kappa shape index (κ2) is 8.59. The zero-order valence-corrected chi connectivity index (χ0v) is 17.9. The van der Waals surface area contributed by atoms with Crippen molar-refractivity contribution in [3.8, 4) is 5.75 Å². The van der Waals surface area contributed by atoms with Crippen LogP contribution in [0.4, 0.5) is 8.78 Å². The summed E-state index contributed by atoms with van der Waals surface area (Å²) in [5.41, 5.74) is -0.368. The number of fused-ring (bicyclic) bond motifs is 5. The lowest BCUT2D eigenvalue weighted by atomic mass is 9.80. The topological polar surface area (TPSA) is 77.1 Å². The van der Waals surface area contributed by atoms with E-state index < -0.39 is 23.2 Å². The molecule has 2 saturated heterocycles. The molecule has 1 aromatic rings. The molecule has 1 N–H and O–H groups in total. The third-order valence-electron chi connectivity index (χ3n) is 7.32. The molecule has 2 amide bonds. The van der Waals surface area contributed by atoms with Gasteiger partial charge in [0.15, 0.2) is 6.61 Å². The average Bonchev–Trinajstić information content (AvgIpc) is 2.77. The number of nitrogens with zero attached hydrogens (tertiary/aromatic N) is 1. The second-order valence-electron chi connectivity index (χ2n) is 9.30. The van der Waals surface area contributed by atoms with E-state index in [-0.39, 0.29) is 49.4 Å². The smallest absolute Gasteiger partial charge is 0.260 e. The van der Waals surface area contributed by atoms with Crippen molar-refractivity contribution < 1.29 is 32.6 Å². The van der Waals surface area contributed by atoms with Gasteiger partial charge in [-0.15, -0.1) is 0 Å². The van der Waals surface area contributed by atoms with Crippen molar-refractivity contribution in [3.05, 3.63) is 29.3 Å². The van der Waals surface area contributed by atoms with Gasteiger partial charge in [0.25, 0.3) is 5.91 Å². The summed E-state index contributed by atoms with van der Waals surface area (Å²) in [6.45, 7) is 0.743. The van der Waals surface area contributed by atoms with Crippen molar-refractivity contribution >= 4 is 11.8 Å². The maximum absolute atomic E-state index is 14.7. The second-order valence-corrected chi connectivity index (χ2v) is 9.30. The molecule has 5 aliphatic rings. The summed E-state index contributed by atoms with van der Waals surface area (Å²) < 4.78 is 46.3. The Kier molecular flexibility index (Phi) is 5.79. The minimum atomic E-state index is -0.730. The van der Waals surface area contributed by atoms with E-state index >= 15 is 0 Å². The maximum Gasteiger partial charge on any atom is 0.260 e. The Morgan fingerprint density at radius 2 is 1.91 bits per heavy atom. The van der Waals surface area contributed by atoms with E-state index in [1.54, 1.807) is 4.90 Å². The lowest BCUT2D eigenvalue weighted by molar-refractivity contribution is -0.156. The molecular formula is C23H28F2N2O5. The van der Waals surface area contributed by atoms with Crippen LogP contribution in [0, 0.1) is 11.6 Å². The van der Waals surface area contributed by atoms with Gasteiger partial charge in [0.1, 0.15) is 24.0 Å². The van der Waals surface area contributed by atoms with Gasteiger partial charge >= 0.3 is 0 Å². The largest absolute Gasteiger partial charge is 0.483 e. The standard InChI is InChI=1S/C23H28F2N2O5/c24-15-8-17(25)22-14-2-4-16(5-3-14)31-10-19-23(13-30-11-20(28)26-23)6-1-7-27(19)21(29)12-32-18(22)9-15/h8-9,14,16,19H,1-7,10-13H2,(H,26,28)/t14?,16?,19-,23+/m0/s1. The number of hydrogen-bond acceptors (Lipinski definition) is 5. The van der Waals surface area contributed by atoms with Gasteiger partial charge in [-0.05, 0) is 44.4 Å². The van der Waals surface area contributed by atoms with E-state index in [0.29, 0.717) is 44.4 Å². The lowest BCUT2D eigenvalue weighted by Crippen LogP contribution is -2.72. The maximum atomic E-state index is 14.7. The molecule has 9 heteroatoms. The van der Waals surface area contributed by atoms with Crippen LogP contribution in [0.15, 0.2) is 12.1 Å². The fourth-order valence-corrected chi connectivity index (χ4v) is 5.77. The molecule has 174 valence electrons. The van der Waals surface area contributed by atoms with Gasteiger partial charge in [0.05, 0.1) is 30.9 Å². The van der Waals surface area contributed by atoms with Crippen LogP contribution in [-0.4, -0.2) is 67.4 Å². The summed E-state index contributed by atoms with van der Waals surface area (Å²) >= 11 is 0. The summed E-state index contributed by atoms with van der Waals surface area (Å²) in [4.78, 5) is 27.1. The quantitative estimate of drug-likeness (QED) is 0.656. The minimum absolute atomic E-state index is 0.00428. The Labute approximate surface area is 185 Å². The van der Waals surface area contributed by atoms with Crippen molar-refractivity contribution in [2.75, 3.05) is 33.0 Å². The predicted molar refractivity (Wildman–Crippen MR) is 109 cm³/mol. The number of rotatable bonds is 0. The molecule has 4 heterocycles. The molecular weight excluding hydrogens is 422 g/mol. The van der Waals surface area contributed by atoms with Gasteiger partial charge < -0.3 is 24.4 Å². The summed E-state index contributed by atoms with van der Waals surface area (Å²) in [5.74, 6) is -1.89. The Balaban J connectivity index is 1.48. The van der Waals surface area contributed by atoms with Crippen molar-refractivity contribution in [3.63, 3.8) is 0 Å². The summed E-state index contributed by atoms with van der Waals surface area (Å²) in [6, 6.07) is 1.64. The van der Waals surface area contributed by atoms with E-state index in [1.807, 2.05) is 0 Å². The van der Waals surface area contributed by atoms with E-state index in [9.17, 15) is 18.4 Å². The summed E-state index contributed by atoms with van der Waals surface area (Å²) in [5, 5.41) is 3.07. The van der Waals surface area contributed by atoms with Gasteiger partial charge in [-0.3, -0.25) is 9.59 Å². The number of halogens is 2. The molecule has 0 radical (unpaired) electrons. The molecule has 0 aromatic heterocycles. The van der Waals surface area contributed by atoms with Crippen LogP contribution < -0.4 is 10.1 Å².